The van der Waals surface area contributed by atoms with Crippen LogP contribution in [0.3, 0.4) is 0 Å². The van der Waals surface area contributed by atoms with Crippen LogP contribution in [-0.2, 0) is 4.79 Å². The van der Waals surface area contributed by atoms with E-state index in [2.05, 4.69) is 0 Å². The zero-order chi connectivity index (χ0) is 17.4. The zero-order valence-corrected chi connectivity index (χ0v) is 15.0. The fraction of sp³-hybridized carbons (Fsp3) is 0.263. The van der Waals surface area contributed by atoms with Crippen molar-refractivity contribution < 1.29 is 9.90 Å². The molecule has 4 rings (SSSR count). The van der Waals surface area contributed by atoms with E-state index in [1.807, 2.05) is 53.4 Å². The molecule has 2 heterocycles. The van der Waals surface area contributed by atoms with E-state index in [-0.39, 0.29) is 6.04 Å². The molecule has 1 fully saturated rings. The Bertz CT molecular complexity index is 893. The molecule has 1 aromatic heterocycles. The number of carboxylic acid groups (broad SMARTS) is 1. The third-order valence-corrected chi connectivity index (χ3v) is 6.09. The molecular weight excluding hydrogens is 356 g/mol. The highest BCUT2D eigenvalue weighted by atomic mass is 35.5. The molecule has 3 aromatic rings. The van der Waals surface area contributed by atoms with E-state index in [0.29, 0.717) is 11.4 Å². The molecule has 0 bridgehead atoms. The van der Waals surface area contributed by atoms with Crippen molar-refractivity contribution in [1.82, 2.24) is 9.88 Å². The number of hydrogen-bond acceptors (Lipinski definition) is 4. The van der Waals surface area contributed by atoms with Crippen molar-refractivity contribution in [2.45, 2.75) is 24.9 Å². The van der Waals surface area contributed by atoms with Gasteiger partial charge in [0.05, 0.1) is 16.3 Å². The summed E-state index contributed by atoms with van der Waals surface area (Å²) in [6.45, 7) is 0.725. The maximum atomic E-state index is 11.7. The number of fused-ring (bicyclic) bond motifs is 1. The Morgan fingerprint density at radius 1 is 1.24 bits per heavy atom. The monoisotopic (exact) mass is 372 g/mol. The average Bonchev–Trinajstić information content (AvgIpc) is 3.24. The van der Waals surface area contributed by atoms with Crippen LogP contribution in [0.25, 0.3) is 10.2 Å². The van der Waals surface area contributed by atoms with E-state index in [1.54, 1.807) is 11.3 Å². The Kier molecular flexibility index (Phi) is 4.46. The number of benzene rings is 2. The van der Waals surface area contributed by atoms with E-state index in [4.69, 9.17) is 16.6 Å². The van der Waals surface area contributed by atoms with Gasteiger partial charge in [-0.25, -0.2) is 4.98 Å². The molecule has 6 heteroatoms. The Morgan fingerprint density at radius 2 is 2.00 bits per heavy atom. The van der Waals surface area contributed by atoms with Crippen molar-refractivity contribution in [3.63, 3.8) is 0 Å². The fourth-order valence-electron chi connectivity index (χ4n) is 3.52. The van der Waals surface area contributed by atoms with Crippen LogP contribution in [0, 0.1) is 0 Å². The smallest absolute Gasteiger partial charge is 0.320 e. The lowest BCUT2D eigenvalue weighted by molar-refractivity contribution is -0.142. The summed E-state index contributed by atoms with van der Waals surface area (Å²) < 4.78 is 1.10. The minimum Gasteiger partial charge on any atom is -0.480 e. The summed E-state index contributed by atoms with van der Waals surface area (Å²) in [7, 11) is 0. The number of hydrogen-bond donors (Lipinski definition) is 1. The second kappa shape index (κ2) is 6.75. The lowest BCUT2D eigenvalue weighted by Crippen LogP contribution is -2.39. The molecule has 2 atom stereocenters. The number of carboxylic acids is 1. The van der Waals surface area contributed by atoms with Gasteiger partial charge in [0, 0.05) is 11.6 Å². The Hall–Kier alpha value is -1.95. The molecular formula is C19H17ClN2O2S. The van der Waals surface area contributed by atoms with Crippen molar-refractivity contribution in [2.75, 3.05) is 6.54 Å². The van der Waals surface area contributed by atoms with Gasteiger partial charge in [-0.2, -0.15) is 0 Å². The number of carbonyl (C=O) groups is 1. The number of rotatable bonds is 4. The predicted molar refractivity (Wildman–Crippen MR) is 100 cm³/mol. The van der Waals surface area contributed by atoms with Gasteiger partial charge in [-0.3, -0.25) is 9.69 Å². The largest absolute Gasteiger partial charge is 0.480 e. The lowest BCUT2D eigenvalue weighted by Gasteiger charge is -2.30. The standard InChI is InChI=1S/C19H17ClN2O2S/c20-13-7-2-1-6-12(13)17(22-11-5-9-15(22)19(23)24)18-21-14-8-3-4-10-16(14)25-18/h1-4,6-8,10,15,17H,5,9,11H2,(H,23,24). The second-order valence-corrected chi connectivity index (χ2v) is 7.65. The number of para-hydroxylation sites is 1. The summed E-state index contributed by atoms with van der Waals surface area (Å²) in [4.78, 5) is 18.6. The molecule has 0 aliphatic carbocycles. The molecule has 25 heavy (non-hydrogen) atoms. The molecule has 1 N–H and O–H groups in total. The summed E-state index contributed by atoms with van der Waals surface area (Å²) in [5.41, 5.74) is 1.85. The van der Waals surface area contributed by atoms with Crippen LogP contribution >= 0.6 is 22.9 Å². The topological polar surface area (TPSA) is 53.4 Å². The van der Waals surface area contributed by atoms with Crippen molar-refractivity contribution in [3.05, 3.63) is 64.1 Å². The van der Waals surface area contributed by atoms with E-state index in [1.165, 1.54) is 0 Å². The quantitative estimate of drug-likeness (QED) is 0.727. The summed E-state index contributed by atoms with van der Waals surface area (Å²) in [5.74, 6) is -0.782. The van der Waals surface area contributed by atoms with Gasteiger partial charge in [0.1, 0.15) is 11.0 Å². The van der Waals surface area contributed by atoms with E-state index in [0.717, 1.165) is 33.8 Å². The molecule has 2 unspecified atom stereocenters. The minimum atomic E-state index is -0.782. The average molecular weight is 373 g/mol. The number of nitrogens with zero attached hydrogens (tertiary/aromatic N) is 2. The highest BCUT2D eigenvalue weighted by molar-refractivity contribution is 7.18. The molecule has 1 saturated heterocycles. The van der Waals surface area contributed by atoms with Crippen LogP contribution in [0.2, 0.25) is 5.02 Å². The summed E-state index contributed by atoms with van der Waals surface area (Å²) >= 11 is 8.08. The first-order valence-electron chi connectivity index (χ1n) is 8.23. The van der Waals surface area contributed by atoms with Crippen molar-refractivity contribution >= 4 is 39.1 Å². The van der Waals surface area contributed by atoms with Gasteiger partial charge in [-0.15, -0.1) is 11.3 Å². The van der Waals surface area contributed by atoms with Crippen LogP contribution < -0.4 is 0 Å². The number of thiazole rings is 1. The number of aromatic nitrogens is 1. The van der Waals surface area contributed by atoms with Gasteiger partial charge in [0.15, 0.2) is 0 Å². The number of aliphatic carboxylic acids is 1. The van der Waals surface area contributed by atoms with E-state index >= 15 is 0 Å². The van der Waals surface area contributed by atoms with Gasteiger partial charge in [0.25, 0.3) is 0 Å². The highest BCUT2D eigenvalue weighted by Crippen LogP contribution is 2.40. The van der Waals surface area contributed by atoms with Gasteiger partial charge in [0.2, 0.25) is 0 Å². The highest BCUT2D eigenvalue weighted by Gasteiger charge is 2.38. The molecule has 1 aliphatic heterocycles. The first kappa shape index (κ1) is 16.5. The van der Waals surface area contributed by atoms with Gasteiger partial charge in [-0.1, -0.05) is 41.9 Å². The maximum Gasteiger partial charge on any atom is 0.320 e. The molecule has 128 valence electrons. The molecule has 2 aromatic carbocycles. The van der Waals surface area contributed by atoms with Crippen LogP contribution in [0.4, 0.5) is 0 Å². The van der Waals surface area contributed by atoms with Crippen LogP contribution in [0.1, 0.15) is 29.5 Å². The first-order chi connectivity index (χ1) is 12.1. The number of halogens is 1. The third kappa shape index (κ3) is 3.03. The molecule has 1 aliphatic rings. The van der Waals surface area contributed by atoms with Crippen molar-refractivity contribution in [1.29, 1.82) is 0 Å². The fourth-order valence-corrected chi connectivity index (χ4v) is 4.87. The molecule has 0 spiro atoms. The van der Waals surface area contributed by atoms with Crippen molar-refractivity contribution in [2.24, 2.45) is 0 Å². The zero-order valence-electron chi connectivity index (χ0n) is 13.4. The predicted octanol–water partition coefficient (Wildman–Crippen LogP) is 4.59. The summed E-state index contributed by atoms with van der Waals surface area (Å²) in [6, 6.07) is 14.9. The molecule has 0 amide bonds. The van der Waals surface area contributed by atoms with Gasteiger partial charge < -0.3 is 5.11 Å². The minimum absolute atomic E-state index is 0.241. The van der Waals surface area contributed by atoms with E-state index < -0.39 is 12.0 Å². The van der Waals surface area contributed by atoms with Crippen molar-refractivity contribution in [3.8, 4) is 0 Å². The van der Waals surface area contributed by atoms with Crippen LogP contribution in [0.15, 0.2) is 48.5 Å². The number of likely N-dealkylation sites (tertiary alicyclic amines) is 1. The van der Waals surface area contributed by atoms with E-state index in [9.17, 15) is 9.90 Å². The first-order valence-corrected chi connectivity index (χ1v) is 9.43. The normalized spacial score (nSPS) is 19.3. The van der Waals surface area contributed by atoms with Gasteiger partial charge in [-0.05, 0) is 36.6 Å². The lowest BCUT2D eigenvalue weighted by atomic mass is 10.0. The van der Waals surface area contributed by atoms with Gasteiger partial charge >= 0.3 is 5.97 Å². The van der Waals surface area contributed by atoms with Crippen LogP contribution in [-0.4, -0.2) is 33.5 Å². The molecule has 0 radical (unpaired) electrons. The molecule has 0 saturated carbocycles. The second-order valence-electron chi connectivity index (χ2n) is 6.18. The summed E-state index contributed by atoms with van der Waals surface area (Å²) in [5, 5.41) is 11.2. The molecule has 4 nitrogen and oxygen atoms in total. The Labute approximate surface area is 154 Å². The Morgan fingerprint density at radius 3 is 2.76 bits per heavy atom. The third-order valence-electron chi connectivity index (χ3n) is 4.66. The Balaban J connectivity index is 1.86. The SMILES string of the molecule is O=C(O)C1CCCN1C(c1nc2ccccc2s1)c1ccccc1Cl. The summed E-state index contributed by atoms with van der Waals surface area (Å²) in [6.07, 6.45) is 1.52. The maximum absolute atomic E-state index is 11.7. The van der Waals surface area contributed by atoms with Crippen LogP contribution in [0.5, 0.6) is 0 Å².